The van der Waals surface area contributed by atoms with E-state index in [0.29, 0.717) is 5.92 Å². The average molecular weight is 360 g/mol. The molecule has 2 aromatic rings. The van der Waals surface area contributed by atoms with Crippen molar-refractivity contribution in [1.82, 2.24) is 4.90 Å². The van der Waals surface area contributed by atoms with Gasteiger partial charge in [-0.15, -0.1) is 0 Å². The molecule has 0 spiro atoms. The summed E-state index contributed by atoms with van der Waals surface area (Å²) in [4.78, 5) is 19.8. The molecule has 0 aromatic heterocycles. The van der Waals surface area contributed by atoms with Gasteiger partial charge in [0, 0.05) is 36.7 Å². The molecular weight excluding hydrogens is 336 g/mol. The SMILES string of the molecule is O=C(c1ccc2c(c1)N=CC2)N1CCCC2c3ccc(CO)cc3CC[C@@H]21. The van der Waals surface area contributed by atoms with Crippen molar-refractivity contribution in [3.63, 3.8) is 0 Å². The van der Waals surface area contributed by atoms with Gasteiger partial charge in [-0.3, -0.25) is 9.79 Å². The maximum atomic E-state index is 13.3. The molecule has 3 aliphatic rings. The highest BCUT2D eigenvalue weighted by Gasteiger charge is 2.38. The van der Waals surface area contributed by atoms with Crippen molar-refractivity contribution in [2.24, 2.45) is 4.99 Å². The lowest BCUT2D eigenvalue weighted by Crippen LogP contribution is -2.49. The fourth-order valence-corrected chi connectivity index (χ4v) is 5.07. The molecule has 138 valence electrons. The van der Waals surface area contributed by atoms with Gasteiger partial charge in [0.1, 0.15) is 0 Å². The number of carbonyl (C=O) groups is 1. The number of amides is 1. The topological polar surface area (TPSA) is 52.9 Å². The second-order valence-electron chi connectivity index (χ2n) is 7.90. The number of likely N-dealkylation sites (tertiary alicyclic amines) is 1. The van der Waals surface area contributed by atoms with Crippen molar-refractivity contribution in [3.05, 3.63) is 64.2 Å². The predicted molar refractivity (Wildman–Crippen MR) is 106 cm³/mol. The standard InChI is InChI=1S/C23H24N2O2/c26-14-15-3-7-19-17(12-15)6-8-22-20(19)2-1-11-25(22)23(27)18-5-4-16-9-10-24-21(16)13-18/h3-5,7,10,12-13,20,22,26H,1-2,6,8-9,11,14H2/t20?,22-/m0/s1. The maximum absolute atomic E-state index is 13.3. The van der Waals surface area contributed by atoms with Crippen LogP contribution in [0.25, 0.3) is 0 Å². The summed E-state index contributed by atoms with van der Waals surface area (Å²) >= 11 is 0. The predicted octanol–water partition coefficient (Wildman–Crippen LogP) is 3.77. The molecule has 2 atom stereocenters. The molecule has 4 heteroatoms. The van der Waals surface area contributed by atoms with Crippen LogP contribution in [0.2, 0.25) is 0 Å². The van der Waals surface area contributed by atoms with E-state index in [1.807, 2.05) is 30.5 Å². The van der Waals surface area contributed by atoms with Crippen molar-refractivity contribution in [1.29, 1.82) is 0 Å². The number of rotatable bonds is 2. The highest BCUT2D eigenvalue weighted by atomic mass is 16.3. The van der Waals surface area contributed by atoms with Crippen LogP contribution in [-0.2, 0) is 19.4 Å². The number of hydrogen-bond acceptors (Lipinski definition) is 3. The number of piperidine rings is 1. The molecule has 1 amide bonds. The number of aliphatic imine (C=N–C) groups is 1. The summed E-state index contributed by atoms with van der Waals surface area (Å²) in [6.07, 6.45) is 6.93. The van der Waals surface area contributed by atoms with Gasteiger partial charge in [0.25, 0.3) is 5.91 Å². The number of carbonyl (C=O) groups excluding carboxylic acids is 1. The van der Waals surface area contributed by atoms with Crippen LogP contribution in [0.3, 0.4) is 0 Å². The Morgan fingerprint density at radius 3 is 2.96 bits per heavy atom. The van der Waals surface area contributed by atoms with E-state index in [1.54, 1.807) is 0 Å². The van der Waals surface area contributed by atoms with E-state index in [4.69, 9.17) is 0 Å². The molecule has 0 bridgehead atoms. The van der Waals surface area contributed by atoms with Crippen LogP contribution >= 0.6 is 0 Å². The summed E-state index contributed by atoms with van der Waals surface area (Å²) in [5, 5.41) is 9.42. The van der Waals surface area contributed by atoms with Crippen LogP contribution in [0.4, 0.5) is 5.69 Å². The van der Waals surface area contributed by atoms with Crippen molar-refractivity contribution >= 4 is 17.8 Å². The van der Waals surface area contributed by atoms with E-state index in [9.17, 15) is 9.90 Å². The van der Waals surface area contributed by atoms with Gasteiger partial charge in [-0.1, -0.05) is 24.3 Å². The fraction of sp³-hybridized carbons (Fsp3) is 0.391. The Morgan fingerprint density at radius 2 is 2.07 bits per heavy atom. The molecule has 2 heterocycles. The highest BCUT2D eigenvalue weighted by Crippen LogP contribution is 2.41. The summed E-state index contributed by atoms with van der Waals surface area (Å²) in [5.41, 5.74) is 6.61. The van der Waals surface area contributed by atoms with Crippen LogP contribution in [0.1, 0.15) is 57.8 Å². The zero-order chi connectivity index (χ0) is 18.4. The van der Waals surface area contributed by atoms with E-state index in [0.717, 1.165) is 55.5 Å². The molecule has 1 fully saturated rings. The quantitative estimate of drug-likeness (QED) is 0.886. The van der Waals surface area contributed by atoms with Gasteiger partial charge in [-0.2, -0.15) is 0 Å². The van der Waals surface area contributed by atoms with Gasteiger partial charge < -0.3 is 10.0 Å². The Kier molecular flexibility index (Phi) is 4.09. The first kappa shape index (κ1) is 16.7. The Hall–Kier alpha value is -2.46. The maximum Gasteiger partial charge on any atom is 0.254 e. The molecule has 1 unspecified atom stereocenters. The van der Waals surface area contributed by atoms with Crippen molar-refractivity contribution in [2.75, 3.05) is 6.54 Å². The van der Waals surface area contributed by atoms with Crippen LogP contribution in [0, 0.1) is 0 Å². The van der Waals surface area contributed by atoms with Crippen molar-refractivity contribution in [3.8, 4) is 0 Å². The third kappa shape index (κ3) is 2.79. The van der Waals surface area contributed by atoms with Crippen LogP contribution < -0.4 is 0 Å². The lowest BCUT2D eigenvalue weighted by atomic mass is 9.74. The minimum atomic E-state index is 0.0901. The third-order valence-corrected chi connectivity index (χ3v) is 6.41. The molecule has 4 nitrogen and oxygen atoms in total. The Bertz CT molecular complexity index is 934. The molecule has 0 radical (unpaired) electrons. The van der Waals surface area contributed by atoms with Gasteiger partial charge >= 0.3 is 0 Å². The van der Waals surface area contributed by atoms with E-state index < -0.39 is 0 Å². The second-order valence-corrected chi connectivity index (χ2v) is 7.90. The van der Waals surface area contributed by atoms with Crippen LogP contribution in [-0.4, -0.2) is 34.7 Å². The molecule has 27 heavy (non-hydrogen) atoms. The van der Waals surface area contributed by atoms with Gasteiger partial charge in [0.05, 0.1) is 12.3 Å². The second kappa shape index (κ2) is 6.61. The summed E-state index contributed by atoms with van der Waals surface area (Å²) < 4.78 is 0. The van der Waals surface area contributed by atoms with Crippen LogP contribution in [0.15, 0.2) is 41.4 Å². The molecule has 1 N–H and O–H groups in total. The summed E-state index contributed by atoms with van der Waals surface area (Å²) in [5.74, 6) is 0.552. The van der Waals surface area contributed by atoms with Crippen LogP contribution in [0.5, 0.6) is 0 Å². The number of aliphatic hydroxyl groups is 1. The van der Waals surface area contributed by atoms with E-state index >= 15 is 0 Å². The Labute approximate surface area is 159 Å². The highest BCUT2D eigenvalue weighted by molar-refractivity contribution is 5.96. The molecule has 0 saturated carbocycles. The summed E-state index contributed by atoms with van der Waals surface area (Å²) in [7, 11) is 0. The lowest BCUT2D eigenvalue weighted by molar-refractivity contribution is 0.0547. The fourth-order valence-electron chi connectivity index (χ4n) is 5.07. The molecule has 2 aliphatic heterocycles. The van der Waals surface area contributed by atoms with E-state index in [1.165, 1.54) is 16.7 Å². The van der Waals surface area contributed by atoms with Gasteiger partial charge in [0.2, 0.25) is 0 Å². The molecule has 5 rings (SSSR count). The smallest absolute Gasteiger partial charge is 0.254 e. The number of fused-ring (bicyclic) bond motifs is 4. The third-order valence-electron chi connectivity index (χ3n) is 6.41. The van der Waals surface area contributed by atoms with E-state index in [-0.39, 0.29) is 18.6 Å². The Balaban J connectivity index is 1.44. The number of aryl methyl sites for hydroxylation is 1. The number of hydrogen-bond donors (Lipinski definition) is 1. The number of nitrogens with zero attached hydrogens (tertiary/aromatic N) is 2. The number of benzene rings is 2. The largest absolute Gasteiger partial charge is 0.392 e. The minimum Gasteiger partial charge on any atom is -0.392 e. The first-order valence-electron chi connectivity index (χ1n) is 9.93. The van der Waals surface area contributed by atoms with Crippen molar-refractivity contribution < 1.29 is 9.90 Å². The monoisotopic (exact) mass is 360 g/mol. The molecule has 2 aromatic carbocycles. The van der Waals surface area contributed by atoms with Gasteiger partial charge in [-0.25, -0.2) is 0 Å². The molecule has 1 saturated heterocycles. The number of aliphatic hydroxyl groups excluding tert-OH is 1. The zero-order valence-electron chi connectivity index (χ0n) is 15.4. The molecular formula is C23H24N2O2. The van der Waals surface area contributed by atoms with Crippen molar-refractivity contribution in [2.45, 2.75) is 50.7 Å². The lowest BCUT2D eigenvalue weighted by Gasteiger charge is -2.45. The first-order chi connectivity index (χ1) is 13.2. The van der Waals surface area contributed by atoms with Gasteiger partial charge in [0.15, 0.2) is 0 Å². The summed E-state index contributed by atoms with van der Waals surface area (Å²) in [6, 6.07) is 12.6. The normalized spacial score (nSPS) is 22.9. The zero-order valence-corrected chi connectivity index (χ0v) is 15.4. The van der Waals surface area contributed by atoms with Gasteiger partial charge in [-0.05, 0) is 60.1 Å². The Morgan fingerprint density at radius 1 is 1.15 bits per heavy atom. The molecule has 1 aliphatic carbocycles. The first-order valence-corrected chi connectivity index (χ1v) is 9.93. The summed E-state index contributed by atoms with van der Waals surface area (Å²) in [6.45, 7) is 0.928. The van der Waals surface area contributed by atoms with E-state index in [2.05, 4.69) is 22.0 Å². The minimum absolute atomic E-state index is 0.0901. The average Bonchev–Trinajstić information content (AvgIpc) is 3.20.